The van der Waals surface area contributed by atoms with E-state index in [-0.39, 0.29) is 18.4 Å². The molecule has 6 heteroatoms. The van der Waals surface area contributed by atoms with Gasteiger partial charge in [-0.1, -0.05) is 13.8 Å². The van der Waals surface area contributed by atoms with Crippen molar-refractivity contribution in [2.45, 2.75) is 32.9 Å². The average Bonchev–Trinajstić information content (AvgIpc) is 2.09. The Morgan fingerprint density at radius 2 is 1.87 bits per heavy atom. The van der Waals surface area contributed by atoms with E-state index < -0.39 is 18.2 Å². The van der Waals surface area contributed by atoms with Crippen LogP contribution in [0.3, 0.4) is 0 Å². The fraction of sp³-hybridized carbons (Fsp3) is 0.778. The molecule has 1 unspecified atom stereocenters. The first-order valence-electron chi connectivity index (χ1n) is 4.86. The fourth-order valence-electron chi connectivity index (χ4n) is 1.05. The van der Waals surface area contributed by atoms with Crippen molar-refractivity contribution in [3.05, 3.63) is 0 Å². The molecule has 3 amide bonds. The van der Waals surface area contributed by atoms with Gasteiger partial charge in [-0.05, 0) is 12.8 Å². The maximum absolute atomic E-state index is 11.5. The predicted octanol–water partition coefficient (Wildman–Crippen LogP) is -0.824. The molecule has 0 saturated carbocycles. The number of rotatable bonds is 5. The molecule has 0 fully saturated rings. The Bertz CT molecular complexity index is 229. The summed E-state index contributed by atoms with van der Waals surface area (Å²) >= 11 is 0. The van der Waals surface area contributed by atoms with Gasteiger partial charge in [0, 0.05) is 6.54 Å². The lowest BCUT2D eigenvalue weighted by Gasteiger charge is -2.20. The third-order valence-corrected chi connectivity index (χ3v) is 1.82. The average molecular weight is 217 g/mol. The molecule has 0 aromatic carbocycles. The van der Waals surface area contributed by atoms with Gasteiger partial charge in [0.05, 0.1) is 6.10 Å². The molecule has 0 aliphatic heterocycles. The minimum atomic E-state index is -0.735. The van der Waals surface area contributed by atoms with E-state index in [1.165, 1.54) is 0 Å². The van der Waals surface area contributed by atoms with Crippen LogP contribution in [-0.2, 0) is 4.79 Å². The molecule has 0 spiro atoms. The number of amides is 3. The number of carbonyl (C=O) groups excluding carboxylic acids is 2. The fourth-order valence-corrected chi connectivity index (χ4v) is 1.05. The number of nitrogens with two attached hydrogens (primary N) is 1. The number of aliphatic hydroxyl groups is 1. The summed E-state index contributed by atoms with van der Waals surface area (Å²) in [5.41, 5.74) is 4.95. The highest BCUT2D eigenvalue weighted by atomic mass is 16.3. The van der Waals surface area contributed by atoms with E-state index in [4.69, 9.17) is 10.8 Å². The molecule has 0 saturated heterocycles. The van der Waals surface area contributed by atoms with Crippen LogP contribution in [0.15, 0.2) is 0 Å². The number of primary amides is 1. The second-order valence-corrected chi connectivity index (χ2v) is 3.82. The number of hydrogen-bond donors (Lipinski definition) is 4. The van der Waals surface area contributed by atoms with E-state index in [2.05, 4.69) is 10.6 Å². The lowest BCUT2D eigenvalue weighted by Crippen LogP contribution is -2.52. The van der Waals surface area contributed by atoms with Crippen LogP contribution < -0.4 is 16.4 Å². The van der Waals surface area contributed by atoms with Crippen LogP contribution in [0, 0.1) is 5.92 Å². The topological polar surface area (TPSA) is 104 Å². The van der Waals surface area contributed by atoms with Gasteiger partial charge in [-0.25, -0.2) is 4.79 Å². The summed E-state index contributed by atoms with van der Waals surface area (Å²) in [5.74, 6) is -0.406. The summed E-state index contributed by atoms with van der Waals surface area (Å²) in [6.45, 7) is 5.31. The van der Waals surface area contributed by atoms with E-state index in [9.17, 15) is 9.59 Å². The molecular weight excluding hydrogens is 198 g/mol. The maximum atomic E-state index is 11.5. The quantitative estimate of drug-likeness (QED) is 0.483. The molecule has 0 heterocycles. The molecule has 6 nitrogen and oxygen atoms in total. The van der Waals surface area contributed by atoms with Crippen molar-refractivity contribution in [3.8, 4) is 0 Å². The molecular formula is C9H19N3O3. The minimum Gasteiger partial charge on any atom is -0.392 e. The Morgan fingerprint density at radius 1 is 1.33 bits per heavy atom. The van der Waals surface area contributed by atoms with Crippen molar-refractivity contribution in [1.82, 2.24) is 10.6 Å². The molecule has 0 rings (SSSR count). The molecule has 88 valence electrons. The van der Waals surface area contributed by atoms with Gasteiger partial charge >= 0.3 is 6.03 Å². The minimum absolute atomic E-state index is 0.0634. The smallest absolute Gasteiger partial charge is 0.312 e. The first-order chi connectivity index (χ1) is 6.84. The number of urea groups is 1. The van der Waals surface area contributed by atoms with Crippen molar-refractivity contribution in [1.29, 1.82) is 0 Å². The summed E-state index contributed by atoms with van der Waals surface area (Å²) < 4.78 is 0. The van der Waals surface area contributed by atoms with Gasteiger partial charge < -0.3 is 21.5 Å². The lowest BCUT2D eigenvalue weighted by molar-refractivity contribution is -0.124. The number of nitrogens with one attached hydrogen (secondary N) is 2. The Labute approximate surface area is 89.2 Å². The Kier molecular flexibility index (Phi) is 5.69. The molecule has 2 atom stereocenters. The van der Waals surface area contributed by atoms with Gasteiger partial charge in [0.1, 0.15) is 6.04 Å². The van der Waals surface area contributed by atoms with Gasteiger partial charge in [0.2, 0.25) is 5.91 Å². The Balaban J connectivity index is 4.23. The van der Waals surface area contributed by atoms with Crippen LogP contribution >= 0.6 is 0 Å². The van der Waals surface area contributed by atoms with Gasteiger partial charge in [-0.3, -0.25) is 4.79 Å². The van der Waals surface area contributed by atoms with E-state index in [1.807, 2.05) is 0 Å². The summed E-state index contributed by atoms with van der Waals surface area (Å²) in [5, 5.41) is 13.8. The molecule has 0 aromatic heterocycles. The summed E-state index contributed by atoms with van der Waals surface area (Å²) in [6, 6.07) is -1.40. The van der Waals surface area contributed by atoms with Gasteiger partial charge in [0.25, 0.3) is 0 Å². The first-order valence-corrected chi connectivity index (χ1v) is 4.86. The van der Waals surface area contributed by atoms with E-state index in [1.54, 1.807) is 20.8 Å². The zero-order chi connectivity index (χ0) is 12.0. The molecule has 5 N–H and O–H groups in total. The molecule has 0 aliphatic rings. The van der Waals surface area contributed by atoms with Gasteiger partial charge in [-0.2, -0.15) is 0 Å². The molecule has 0 bridgehead atoms. The zero-order valence-electron chi connectivity index (χ0n) is 9.28. The van der Waals surface area contributed by atoms with Crippen LogP contribution in [0.2, 0.25) is 0 Å². The van der Waals surface area contributed by atoms with Crippen molar-refractivity contribution in [3.63, 3.8) is 0 Å². The molecule has 0 aromatic rings. The van der Waals surface area contributed by atoms with Crippen molar-refractivity contribution >= 4 is 11.9 Å². The van der Waals surface area contributed by atoms with E-state index >= 15 is 0 Å². The Hall–Kier alpha value is -1.30. The van der Waals surface area contributed by atoms with Gasteiger partial charge in [-0.15, -0.1) is 0 Å². The van der Waals surface area contributed by atoms with Gasteiger partial charge in [0.15, 0.2) is 0 Å². The normalized spacial score (nSPS) is 14.5. The van der Waals surface area contributed by atoms with Crippen molar-refractivity contribution < 1.29 is 14.7 Å². The molecule has 15 heavy (non-hydrogen) atoms. The summed E-state index contributed by atoms with van der Waals surface area (Å²) in [7, 11) is 0. The van der Waals surface area contributed by atoms with Crippen LogP contribution in [0.5, 0.6) is 0 Å². The number of aliphatic hydroxyl groups excluding tert-OH is 1. The van der Waals surface area contributed by atoms with Crippen LogP contribution in [0.4, 0.5) is 4.79 Å². The van der Waals surface area contributed by atoms with E-state index in [0.29, 0.717) is 0 Å². The zero-order valence-corrected chi connectivity index (χ0v) is 9.28. The third-order valence-electron chi connectivity index (χ3n) is 1.82. The summed E-state index contributed by atoms with van der Waals surface area (Å²) in [6.07, 6.45) is -0.615. The highest BCUT2D eigenvalue weighted by Crippen LogP contribution is 2.01. The second kappa shape index (κ2) is 6.23. The monoisotopic (exact) mass is 217 g/mol. The van der Waals surface area contributed by atoms with Crippen LogP contribution in [0.1, 0.15) is 20.8 Å². The second-order valence-electron chi connectivity index (χ2n) is 3.82. The predicted molar refractivity (Wildman–Crippen MR) is 56.0 cm³/mol. The van der Waals surface area contributed by atoms with Crippen LogP contribution in [-0.4, -0.2) is 35.7 Å². The first kappa shape index (κ1) is 13.7. The lowest BCUT2D eigenvalue weighted by atomic mass is 10.0. The highest BCUT2D eigenvalue weighted by molar-refractivity contribution is 5.86. The SMILES string of the molecule is CC(C)C(NC(N)=O)C(=O)NC[C@H](C)O. The summed E-state index contributed by atoms with van der Waals surface area (Å²) in [4.78, 5) is 22.2. The Morgan fingerprint density at radius 3 is 2.20 bits per heavy atom. The van der Waals surface area contributed by atoms with E-state index in [0.717, 1.165) is 0 Å². The maximum Gasteiger partial charge on any atom is 0.312 e. The van der Waals surface area contributed by atoms with Crippen molar-refractivity contribution in [2.24, 2.45) is 11.7 Å². The highest BCUT2D eigenvalue weighted by Gasteiger charge is 2.22. The number of hydrogen-bond acceptors (Lipinski definition) is 3. The van der Waals surface area contributed by atoms with Crippen LogP contribution in [0.25, 0.3) is 0 Å². The standard InChI is InChI=1S/C9H19N3O3/c1-5(2)7(12-9(10)15)8(14)11-4-6(3)13/h5-7,13H,4H2,1-3H3,(H,11,14)(H3,10,12,15)/t6-,7?/m0/s1. The van der Waals surface area contributed by atoms with Crippen molar-refractivity contribution in [2.75, 3.05) is 6.54 Å². The third kappa shape index (κ3) is 5.90. The number of carbonyl (C=O) groups is 2. The molecule has 0 aliphatic carbocycles. The molecule has 0 radical (unpaired) electrons. The largest absolute Gasteiger partial charge is 0.392 e.